The number of carbonyl (C=O) groups is 2. The molecule has 0 rings (SSSR count). The van der Waals surface area contributed by atoms with Gasteiger partial charge in [0.25, 0.3) is 0 Å². The van der Waals surface area contributed by atoms with Crippen molar-refractivity contribution in [2.24, 2.45) is 16.7 Å². The molecule has 178 valence electrons. The maximum atomic E-state index is 12.7. The summed E-state index contributed by atoms with van der Waals surface area (Å²) in [5, 5.41) is 0. The smallest absolute Gasteiger partial charge is 0.225 e. The first kappa shape index (κ1) is 28.9. The van der Waals surface area contributed by atoms with E-state index >= 15 is 0 Å². The largest absolute Gasteiger partial charge is 0.380 e. The Hall–Kier alpha value is -1.14. The van der Waals surface area contributed by atoms with Crippen LogP contribution >= 0.6 is 0 Å². The summed E-state index contributed by atoms with van der Waals surface area (Å²) in [5.41, 5.74) is -0.251. The SMILES string of the molecule is CCC(=O)N(CC)CC(C)(C)COCC(C)(C)CN(CCCN(C)C)C(=O)C(C)C. The molecule has 0 bridgehead atoms. The third-order valence-corrected chi connectivity index (χ3v) is 5.10. The Morgan fingerprint density at radius 2 is 1.37 bits per heavy atom. The second-order valence-electron chi connectivity index (χ2n) is 10.7. The molecule has 0 aliphatic rings. The first-order valence-corrected chi connectivity index (χ1v) is 11.5. The molecular weight excluding hydrogens is 378 g/mol. The molecule has 0 spiro atoms. The van der Waals surface area contributed by atoms with Crippen molar-refractivity contribution in [3.63, 3.8) is 0 Å². The highest BCUT2D eigenvalue weighted by atomic mass is 16.5. The van der Waals surface area contributed by atoms with Gasteiger partial charge in [-0.1, -0.05) is 48.5 Å². The third-order valence-electron chi connectivity index (χ3n) is 5.10. The Balaban J connectivity index is 4.81. The summed E-state index contributed by atoms with van der Waals surface area (Å²) >= 11 is 0. The predicted molar refractivity (Wildman–Crippen MR) is 126 cm³/mol. The lowest BCUT2D eigenvalue weighted by Gasteiger charge is -2.36. The van der Waals surface area contributed by atoms with Crippen LogP contribution in [0.25, 0.3) is 0 Å². The van der Waals surface area contributed by atoms with Crippen LogP contribution < -0.4 is 0 Å². The first-order chi connectivity index (χ1) is 13.7. The number of ether oxygens (including phenoxy) is 1. The summed E-state index contributed by atoms with van der Waals surface area (Å²) in [6.07, 6.45) is 1.50. The van der Waals surface area contributed by atoms with Crippen molar-refractivity contribution in [2.45, 2.75) is 68.2 Å². The molecule has 6 nitrogen and oxygen atoms in total. The Kier molecular flexibility index (Phi) is 12.8. The van der Waals surface area contributed by atoms with E-state index in [1.54, 1.807) is 0 Å². The van der Waals surface area contributed by atoms with Gasteiger partial charge in [-0.3, -0.25) is 9.59 Å². The lowest BCUT2D eigenvalue weighted by Crippen LogP contribution is -2.44. The summed E-state index contributed by atoms with van der Waals surface area (Å²) in [4.78, 5) is 30.8. The van der Waals surface area contributed by atoms with Crippen LogP contribution in [0.3, 0.4) is 0 Å². The van der Waals surface area contributed by atoms with Crippen molar-refractivity contribution in [3.8, 4) is 0 Å². The van der Waals surface area contributed by atoms with Crippen LogP contribution in [0.1, 0.15) is 68.2 Å². The average molecular weight is 428 g/mol. The van der Waals surface area contributed by atoms with Crippen LogP contribution in [0.15, 0.2) is 0 Å². The topological polar surface area (TPSA) is 53.1 Å². The van der Waals surface area contributed by atoms with Crippen molar-refractivity contribution >= 4 is 11.8 Å². The highest BCUT2D eigenvalue weighted by molar-refractivity contribution is 5.78. The molecule has 0 aromatic rings. The number of hydrogen-bond acceptors (Lipinski definition) is 4. The van der Waals surface area contributed by atoms with Crippen molar-refractivity contribution in [1.82, 2.24) is 14.7 Å². The Bertz CT molecular complexity index is 516. The molecule has 6 heteroatoms. The van der Waals surface area contributed by atoms with E-state index in [-0.39, 0.29) is 28.6 Å². The molecule has 0 aliphatic carbocycles. The molecule has 0 saturated heterocycles. The lowest BCUT2D eigenvalue weighted by molar-refractivity contribution is -0.136. The van der Waals surface area contributed by atoms with Gasteiger partial charge in [-0.05, 0) is 34.0 Å². The fraction of sp³-hybridized carbons (Fsp3) is 0.917. The number of hydrogen-bond donors (Lipinski definition) is 0. The van der Waals surface area contributed by atoms with E-state index in [9.17, 15) is 9.59 Å². The van der Waals surface area contributed by atoms with E-state index in [4.69, 9.17) is 4.74 Å². The van der Waals surface area contributed by atoms with Crippen molar-refractivity contribution in [1.29, 1.82) is 0 Å². The van der Waals surface area contributed by atoms with E-state index in [1.807, 2.05) is 37.5 Å². The molecule has 0 radical (unpaired) electrons. The van der Waals surface area contributed by atoms with E-state index in [0.29, 0.717) is 32.7 Å². The van der Waals surface area contributed by atoms with E-state index in [2.05, 4.69) is 46.7 Å². The van der Waals surface area contributed by atoms with Crippen molar-refractivity contribution < 1.29 is 14.3 Å². The van der Waals surface area contributed by atoms with Gasteiger partial charge < -0.3 is 19.4 Å². The summed E-state index contributed by atoms with van der Waals surface area (Å²) in [6, 6.07) is 0. The highest BCUT2D eigenvalue weighted by Gasteiger charge is 2.29. The van der Waals surface area contributed by atoms with E-state index < -0.39 is 0 Å². The van der Waals surface area contributed by atoms with Crippen molar-refractivity contribution in [3.05, 3.63) is 0 Å². The number of rotatable bonds is 15. The molecule has 30 heavy (non-hydrogen) atoms. The first-order valence-electron chi connectivity index (χ1n) is 11.5. The normalized spacial score (nSPS) is 12.5. The molecule has 0 fully saturated rings. The minimum atomic E-state index is -0.136. The maximum Gasteiger partial charge on any atom is 0.225 e. The fourth-order valence-corrected chi connectivity index (χ4v) is 3.54. The van der Waals surface area contributed by atoms with Crippen LogP contribution in [-0.4, -0.2) is 86.5 Å². The second kappa shape index (κ2) is 13.3. The van der Waals surface area contributed by atoms with Crippen LogP contribution in [0.5, 0.6) is 0 Å². The number of nitrogens with zero attached hydrogens (tertiary/aromatic N) is 3. The average Bonchev–Trinajstić information content (AvgIpc) is 2.63. The molecule has 0 unspecified atom stereocenters. The molecule has 0 atom stereocenters. The molecule has 0 saturated carbocycles. The number of carbonyl (C=O) groups excluding carboxylic acids is 2. The standard InChI is InChI=1S/C24H49N3O3/c1-11-21(28)26(12-2)16-23(5,6)18-30-19-24(7,8)17-27(22(29)20(3)4)15-13-14-25(9)10/h20H,11-19H2,1-10H3. The van der Waals surface area contributed by atoms with Gasteiger partial charge in [0.15, 0.2) is 0 Å². The summed E-state index contributed by atoms with van der Waals surface area (Å²) < 4.78 is 6.12. The Morgan fingerprint density at radius 1 is 0.867 bits per heavy atom. The van der Waals surface area contributed by atoms with Gasteiger partial charge in [-0.25, -0.2) is 0 Å². The van der Waals surface area contributed by atoms with Crippen LogP contribution in [0.4, 0.5) is 0 Å². The zero-order chi connectivity index (χ0) is 23.5. The highest BCUT2D eigenvalue weighted by Crippen LogP contribution is 2.23. The van der Waals surface area contributed by atoms with Gasteiger partial charge in [0.2, 0.25) is 11.8 Å². The molecule has 0 aliphatic heterocycles. The monoisotopic (exact) mass is 427 g/mol. The fourth-order valence-electron chi connectivity index (χ4n) is 3.54. The van der Waals surface area contributed by atoms with Gasteiger partial charge in [0.1, 0.15) is 0 Å². The van der Waals surface area contributed by atoms with Gasteiger partial charge in [0, 0.05) is 49.3 Å². The zero-order valence-electron chi connectivity index (χ0n) is 21.5. The second-order valence-corrected chi connectivity index (χ2v) is 10.7. The van der Waals surface area contributed by atoms with E-state index in [0.717, 1.165) is 26.1 Å². The summed E-state index contributed by atoms with van der Waals surface area (Å²) in [6.45, 7) is 21.5. The quantitative estimate of drug-likeness (QED) is 0.399. The third kappa shape index (κ3) is 11.9. The van der Waals surface area contributed by atoms with Crippen LogP contribution in [-0.2, 0) is 14.3 Å². The molecule has 0 heterocycles. The van der Waals surface area contributed by atoms with Crippen LogP contribution in [0.2, 0.25) is 0 Å². The van der Waals surface area contributed by atoms with Crippen molar-refractivity contribution in [2.75, 3.05) is 60.0 Å². The minimum absolute atomic E-state index is 0.00358. The Labute approximate surface area is 186 Å². The molecule has 2 amide bonds. The Morgan fingerprint density at radius 3 is 1.77 bits per heavy atom. The molecule has 0 aromatic carbocycles. The predicted octanol–water partition coefficient (Wildman–Crippen LogP) is 3.75. The van der Waals surface area contributed by atoms with Gasteiger partial charge in [-0.15, -0.1) is 0 Å². The van der Waals surface area contributed by atoms with Gasteiger partial charge in [0.05, 0.1) is 13.2 Å². The number of amides is 2. The minimum Gasteiger partial charge on any atom is -0.380 e. The molecular formula is C24H49N3O3. The van der Waals surface area contributed by atoms with Gasteiger partial charge >= 0.3 is 0 Å². The van der Waals surface area contributed by atoms with Crippen LogP contribution in [0, 0.1) is 16.7 Å². The summed E-state index contributed by atoms with van der Waals surface area (Å²) in [5.74, 6) is 0.390. The summed E-state index contributed by atoms with van der Waals surface area (Å²) in [7, 11) is 4.11. The molecule has 0 aromatic heterocycles. The lowest BCUT2D eigenvalue weighted by atomic mass is 9.91. The zero-order valence-corrected chi connectivity index (χ0v) is 21.5. The van der Waals surface area contributed by atoms with E-state index in [1.165, 1.54) is 0 Å². The maximum absolute atomic E-state index is 12.7. The molecule has 0 N–H and O–H groups in total. The van der Waals surface area contributed by atoms with Gasteiger partial charge in [-0.2, -0.15) is 0 Å².